The molecular formula is C27H30N4O3. The van der Waals surface area contributed by atoms with Crippen LogP contribution >= 0.6 is 0 Å². The standard InChI is InChI=1S/C27H30N4O3/c1-20-11-12-26-29-21(18-31(26)17-20)19-34-24-9-4-3-8-22(24)27(32)28-16-23(25-10-7-15-33-25)30-13-5-2-6-14-30/h3-4,7-12,15,17-18,23H,2,5-6,13-14,16,19H2,1H3,(H,28,32)/t23-/m1/s1. The maximum Gasteiger partial charge on any atom is 0.255 e. The second-order valence-electron chi connectivity index (χ2n) is 8.83. The Morgan fingerprint density at radius 3 is 2.76 bits per heavy atom. The Kier molecular flexibility index (Phi) is 6.62. The maximum absolute atomic E-state index is 13.2. The SMILES string of the molecule is Cc1ccc2nc(COc3ccccc3C(=O)NC[C@H](c3ccco3)N3CCCCC3)cn2c1. The van der Waals surface area contributed by atoms with Crippen molar-refractivity contribution in [3.63, 3.8) is 0 Å². The summed E-state index contributed by atoms with van der Waals surface area (Å²) in [5.41, 5.74) is 3.36. The van der Waals surface area contributed by atoms with Gasteiger partial charge in [-0.3, -0.25) is 9.69 Å². The lowest BCUT2D eigenvalue weighted by Gasteiger charge is -2.33. The molecule has 1 aliphatic rings. The van der Waals surface area contributed by atoms with Gasteiger partial charge in [0.25, 0.3) is 5.91 Å². The van der Waals surface area contributed by atoms with Crippen molar-refractivity contribution in [1.29, 1.82) is 0 Å². The van der Waals surface area contributed by atoms with Crippen molar-refractivity contribution in [2.45, 2.75) is 38.8 Å². The number of ether oxygens (including phenoxy) is 1. The molecule has 176 valence electrons. The minimum Gasteiger partial charge on any atom is -0.486 e. The van der Waals surface area contributed by atoms with Crippen molar-refractivity contribution in [1.82, 2.24) is 19.6 Å². The maximum atomic E-state index is 13.2. The highest BCUT2D eigenvalue weighted by atomic mass is 16.5. The second kappa shape index (κ2) is 10.1. The largest absolute Gasteiger partial charge is 0.486 e. The first kappa shape index (κ1) is 22.2. The fourth-order valence-corrected chi connectivity index (χ4v) is 4.56. The number of hydrogen-bond donors (Lipinski definition) is 1. The third-order valence-corrected chi connectivity index (χ3v) is 6.32. The van der Waals surface area contributed by atoms with Gasteiger partial charge in [-0.05, 0) is 68.8 Å². The Hall–Kier alpha value is -3.58. The molecule has 4 aromatic rings. The average molecular weight is 459 g/mol. The van der Waals surface area contributed by atoms with Crippen LogP contribution in [-0.4, -0.2) is 39.8 Å². The summed E-state index contributed by atoms with van der Waals surface area (Å²) in [7, 11) is 0. The van der Waals surface area contributed by atoms with Gasteiger partial charge in [-0.2, -0.15) is 0 Å². The molecule has 7 heteroatoms. The number of furan rings is 1. The van der Waals surface area contributed by atoms with Gasteiger partial charge >= 0.3 is 0 Å². The zero-order valence-corrected chi connectivity index (χ0v) is 19.4. The van der Waals surface area contributed by atoms with Crippen molar-refractivity contribution < 1.29 is 13.9 Å². The molecule has 0 bridgehead atoms. The molecule has 0 radical (unpaired) electrons. The van der Waals surface area contributed by atoms with Crippen LogP contribution in [0.2, 0.25) is 0 Å². The summed E-state index contributed by atoms with van der Waals surface area (Å²) in [6.45, 7) is 4.84. The Morgan fingerprint density at radius 2 is 1.94 bits per heavy atom. The lowest BCUT2D eigenvalue weighted by Crippen LogP contribution is -2.40. The van der Waals surface area contributed by atoms with Gasteiger partial charge in [-0.25, -0.2) is 4.98 Å². The number of pyridine rings is 1. The number of likely N-dealkylation sites (tertiary alicyclic amines) is 1. The lowest BCUT2D eigenvalue weighted by atomic mass is 10.1. The van der Waals surface area contributed by atoms with Gasteiger partial charge in [0, 0.05) is 18.9 Å². The molecule has 0 unspecified atom stereocenters. The number of nitrogens with zero attached hydrogens (tertiary/aromatic N) is 3. The van der Waals surface area contributed by atoms with E-state index in [-0.39, 0.29) is 18.6 Å². The number of amides is 1. The molecule has 1 aromatic carbocycles. The highest BCUT2D eigenvalue weighted by molar-refractivity contribution is 5.96. The molecule has 1 atom stereocenters. The number of carbonyl (C=O) groups is 1. The summed E-state index contributed by atoms with van der Waals surface area (Å²) < 4.78 is 13.7. The highest BCUT2D eigenvalue weighted by Crippen LogP contribution is 2.25. The number of para-hydroxylation sites is 1. The van der Waals surface area contributed by atoms with Crippen LogP contribution in [0.5, 0.6) is 5.75 Å². The van der Waals surface area contributed by atoms with E-state index < -0.39 is 0 Å². The van der Waals surface area contributed by atoms with Crippen LogP contribution in [0, 0.1) is 6.92 Å². The molecule has 1 fully saturated rings. The predicted octanol–water partition coefficient (Wildman–Crippen LogP) is 4.77. The van der Waals surface area contributed by atoms with Crippen LogP contribution in [0.1, 0.15) is 52.7 Å². The third-order valence-electron chi connectivity index (χ3n) is 6.32. The first-order chi connectivity index (χ1) is 16.7. The average Bonchev–Trinajstić information content (AvgIpc) is 3.53. The molecule has 1 N–H and O–H groups in total. The van der Waals surface area contributed by atoms with Crippen molar-refractivity contribution in [2.24, 2.45) is 0 Å². The number of imidazole rings is 1. The zero-order valence-electron chi connectivity index (χ0n) is 19.4. The molecule has 0 saturated carbocycles. The van der Waals surface area contributed by atoms with Crippen LogP contribution in [-0.2, 0) is 6.61 Å². The van der Waals surface area contributed by atoms with E-state index in [1.54, 1.807) is 12.3 Å². The first-order valence-electron chi connectivity index (χ1n) is 11.9. The van der Waals surface area contributed by atoms with Crippen molar-refractivity contribution in [3.05, 3.63) is 89.8 Å². The van der Waals surface area contributed by atoms with Gasteiger partial charge < -0.3 is 18.9 Å². The number of hydrogen-bond acceptors (Lipinski definition) is 5. The monoisotopic (exact) mass is 458 g/mol. The zero-order chi connectivity index (χ0) is 23.3. The number of aryl methyl sites for hydroxylation is 1. The van der Waals surface area contributed by atoms with Crippen molar-refractivity contribution in [3.8, 4) is 5.75 Å². The molecule has 7 nitrogen and oxygen atoms in total. The molecule has 0 spiro atoms. The molecule has 1 saturated heterocycles. The normalized spacial score (nSPS) is 15.3. The smallest absolute Gasteiger partial charge is 0.255 e. The number of nitrogens with one attached hydrogen (secondary N) is 1. The van der Waals surface area contributed by atoms with E-state index in [1.807, 2.05) is 66.2 Å². The second-order valence-corrected chi connectivity index (χ2v) is 8.83. The van der Waals surface area contributed by atoms with E-state index in [2.05, 4.69) is 15.2 Å². The van der Waals surface area contributed by atoms with Gasteiger partial charge in [0.05, 0.1) is 23.6 Å². The van der Waals surface area contributed by atoms with E-state index in [9.17, 15) is 4.79 Å². The third kappa shape index (κ3) is 4.99. The van der Waals surface area contributed by atoms with Crippen LogP contribution in [0.15, 0.2) is 71.6 Å². The van der Waals surface area contributed by atoms with Gasteiger partial charge in [-0.1, -0.05) is 24.6 Å². The lowest BCUT2D eigenvalue weighted by molar-refractivity contribution is 0.0909. The molecular weight excluding hydrogens is 428 g/mol. The molecule has 1 amide bonds. The molecule has 1 aliphatic heterocycles. The summed E-state index contributed by atoms with van der Waals surface area (Å²) in [5, 5.41) is 3.11. The topological polar surface area (TPSA) is 72.0 Å². The Labute approximate surface area is 199 Å². The molecule has 3 aromatic heterocycles. The molecule has 5 rings (SSSR count). The van der Waals surface area contributed by atoms with Crippen LogP contribution < -0.4 is 10.1 Å². The van der Waals surface area contributed by atoms with Crippen LogP contribution in [0.3, 0.4) is 0 Å². The van der Waals surface area contributed by atoms with E-state index in [0.717, 1.165) is 35.8 Å². The fourth-order valence-electron chi connectivity index (χ4n) is 4.56. The minimum absolute atomic E-state index is 0.0220. The van der Waals surface area contributed by atoms with Gasteiger partial charge in [0.2, 0.25) is 0 Å². The van der Waals surface area contributed by atoms with Crippen molar-refractivity contribution >= 4 is 11.6 Å². The van der Waals surface area contributed by atoms with E-state index in [0.29, 0.717) is 17.9 Å². The number of benzene rings is 1. The summed E-state index contributed by atoms with van der Waals surface area (Å²) in [6, 6.07) is 15.3. The fraction of sp³-hybridized carbons (Fsp3) is 0.333. The quantitative estimate of drug-likeness (QED) is 0.412. The van der Waals surface area contributed by atoms with Gasteiger partial charge in [0.15, 0.2) is 0 Å². The number of rotatable bonds is 8. The number of fused-ring (bicyclic) bond motifs is 1. The van der Waals surface area contributed by atoms with E-state index >= 15 is 0 Å². The van der Waals surface area contributed by atoms with Gasteiger partial charge in [0.1, 0.15) is 23.8 Å². The van der Waals surface area contributed by atoms with Crippen LogP contribution in [0.4, 0.5) is 0 Å². The summed E-state index contributed by atoms with van der Waals surface area (Å²) in [4.78, 5) is 20.2. The highest BCUT2D eigenvalue weighted by Gasteiger charge is 2.25. The van der Waals surface area contributed by atoms with E-state index in [1.165, 1.54) is 19.3 Å². The summed E-state index contributed by atoms with van der Waals surface area (Å²) in [5.74, 6) is 1.27. The van der Waals surface area contributed by atoms with Crippen molar-refractivity contribution in [2.75, 3.05) is 19.6 Å². The summed E-state index contributed by atoms with van der Waals surface area (Å²) >= 11 is 0. The van der Waals surface area contributed by atoms with Gasteiger partial charge in [-0.15, -0.1) is 0 Å². The first-order valence-corrected chi connectivity index (χ1v) is 11.9. The molecule has 0 aliphatic carbocycles. The Balaban J connectivity index is 1.26. The van der Waals surface area contributed by atoms with E-state index in [4.69, 9.17) is 9.15 Å². The molecule has 4 heterocycles. The Morgan fingerprint density at radius 1 is 1.09 bits per heavy atom. The predicted molar refractivity (Wildman–Crippen MR) is 130 cm³/mol. The Bertz CT molecular complexity index is 1240. The number of piperidine rings is 1. The minimum atomic E-state index is -0.158. The molecule has 34 heavy (non-hydrogen) atoms. The summed E-state index contributed by atoms with van der Waals surface area (Å²) in [6.07, 6.45) is 9.28. The number of aromatic nitrogens is 2. The number of carbonyl (C=O) groups excluding carboxylic acids is 1. The van der Waals surface area contributed by atoms with Crippen LogP contribution in [0.25, 0.3) is 5.65 Å².